The van der Waals surface area contributed by atoms with E-state index in [0.717, 1.165) is 24.3 Å². The first-order valence-corrected chi connectivity index (χ1v) is 24.9. The topological polar surface area (TPSA) is 273 Å². The molecule has 372 valence electrons. The zero-order valence-electron chi connectivity index (χ0n) is 39.7. The number of alkyl carbamates (subject to hydrolysis) is 2. The maximum Gasteiger partial charge on any atom is 0.407 e. The second-order valence-electron chi connectivity index (χ2n) is 17.8. The van der Waals surface area contributed by atoms with Gasteiger partial charge in [-0.1, -0.05) is 72.8 Å². The van der Waals surface area contributed by atoms with Gasteiger partial charge < -0.3 is 36.3 Å². The Morgan fingerprint density at radius 3 is 1.49 bits per heavy atom. The molecule has 71 heavy (non-hydrogen) atoms. The van der Waals surface area contributed by atoms with Crippen molar-refractivity contribution >= 4 is 98.8 Å². The predicted molar refractivity (Wildman–Crippen MR) is 271 cm³/mol. The summed E-state index contributed by atoms with van der Waals surface area (Å²) < 4.78 is 65.3. The van der Waals surface area contributed by atoms with Gasteiger partial charge in [-0.2, -0.15) is 35.2 Å². The standard InChI is InChI=1S/C25H26N4O5S.C17H13N3O2S.C8H15NO4/c1-25(2,3)34-24(31)26-14-13-23(30)28-19-12-11-18-16-27-29(21(18)15-19)35(32,33)22-10-6-8-17-7-4-5-9-20(17)22;18-14-9-8-13-11-19-20(16(13)10-14)23(21,22)17-7-3-5-12-4-1-2-6-15(12)17;1-8(2,3)13-7(12)9-5-4-6(10)11/h4-12,15-16H,13-14H2,1-3H3,(H,26,31)(H,28,30);1-11H,18H2;4-5H2,1-3H3,(H,9,12)(H,10,11). The minimum Gasteiger partial charge on any atom is -0.481 e. The minimum atomic E-state index is -4.00. The Kier molecular flexibility index (Phi) is 16.0. The predicted octanol–water partition coefficient (Wildman–Crippen LogP) is 8.27. The molecule has 0 saturated carbocycles. The van der Waals surface area contributed by atoms with E-state index in [0.29, 0.717) is 38.6 Å². The van der Waals surface area contributed by atoms with Crippen LogP contribution in [0, 0.1) is 0 Å². The maximum absolute atomic E-state index is 13.5. The van der Waals surface area contributed by atoms with Crippen LogP contribution >= 0.6 is 0 Å². The summed E-state index contributed by atoms with van der Waals surface area (Å²) in [4.78, 5) is 45.4. The van der Waals surface area contributed by atoms with Crippen molar-refractivity contribution in [1.29, 1.82) is 0 Å². The van der Waals surface area contributed by atoms with Gasteiger partial charge in [0.05, 0.1) is 39.6 Å². The van der Waals surface area contributed by atoms with Crippen molar-refractivity contribution in [2.45, 2.75) is 75.4 Å². The Balaban J connectivity index is 0.000000196. The Hall–Kier alpha value is -8.04. The van der Waals surface area contributed by atoms with Gasteiger partial charge in [-0.3, -0.25) is 9.59 Å². The van der Waals surface area contributed by atoms with E-state index in [-0.39, 0.29) is 41.6 Å². The van der Waals surface area contributed by atoms with Gasteiger partial charge in [-0.05, 0) is 101 Å². The van der Waals surface area contributed by atoms with Gasteiger partial charge in [-0.25, -0.2) is 9.59 Å². The first-order valence-electron chi connectivity index (χ1n) is 22.1. The fraction of sp³-hybridized carbons (Fsp3) is 0.240. The zero-order chi connectivity index (χ0) is 51.7. The number of nitrogen functional groups attached to an aromatic ring is 1. The number of amides is 3. The number of carbonyl (C=O) groups excluding carboxylic acids is 3. The van der Waals surface area contributed by atoms with Crippen LogP contribution in [-0.4, -0.2) is 88.7 Å². The third kappa shape index (κ3) is 13.6. The van der Waals surface area contributed by atoms with Crippen LogP contribution < -0.4 is 21.7 Å². The van der Waals surface area contributed by atoms with Crippen molar-refractivity contribution in [2.24, 2.45) is 0 Å². The van der Waals surface area contributed by atoms with E-state index in [9.17, 15) is 36.0 Å². The van der Waals surface area contributed by atoms with Gasteiger partial charge in [0.1, 0.15) is 11.2 Å². The van der Waals surface area contributed by atoms with Gasteiger partial charge >= 0.3 is 18.2 Å². The number of hydrogen-bond donors (Lipinski definition) is 5. The number of hydrogen-bond acceptors (Lipinski definition) is 13. The maximum atomic E-state index is 13.5. The summed E-state index contributed by atoms with van der Waals surface area (Å²) in [7, 11) is -7.82. The van der Waals surface area contributed by atoms with E-state index in [1.165, 1.54) is 12.4 Å². The number of nitrogens with one attached hydrogen (secondary N) is 3. The summed E-state index contributed by atoms with van der Waals surface area (Å²) in [5, 5.41) is 28.3. The van der Waals surface area contributed by atoms with Crippen LogP contribution in [0.25, 0.3) is 43.4 Å². The molecule has 0 bridgehead atoms. The number of benzene rings is 6. The van der Waals surface area contributed by atoms with Gasteiger partial charge in [0.15, 0.2) is 0 Å². The van der Waals surface area contributed by atoms with Crippen LogP contribution in [0.3, 0.4) is 0 Å². The van der Waals surface area contributed by atoms with E-state index in [1.54, 1.807) is 120 Å². The molecule has 0 unspecified atom stereocenters. The molecule has 8 rings (SSSR count). The number of carboxylic acids is 1. The number of carbonyl (C=O) groups is 4. The molecule has 2 heterocycles. The lowest BCUT2D eigenvalue weighted by Crippen LogP contribution is -2.34. The molecule has 6 N–H and O–H groups in total. The molecule has 0 saturated heterocycles. The average Bonchev–Trinajstić information content (AvgIpc) is 3.93. The molecule has 0 aliphatic heterocycles. The SMILES string of the molecule is CC(C)(C)OC(=O)NCCC(=O)Nc1ccc2cnn(S(=O)(=O)c3cccc4ccccc34)c2c1.CC(C)(C)OC(=O)NCCC(=O)O.Nc1ccc2cnn(S(=O)(=O)c3cccc4ccccc34)c2c1. The third-order valence-corrected chi connectivity index (χ3v) is 13.2. The number of nitrogens with zero attached hydrogens (tertiary/aromatic N) is 4. The fourth-order valence-electron chi connectivity index (χ4n) is 6.90. The van der Waals surface area contributed by atoms with Crippen LogP contribution in [0.15, 0.2) is 144 Å². The van der Waals surface area contributed by atoms with Gasteiger partial charge in [0, 0.05) is 52.4 Å². The van der Waals surface area contributed by atoms with Crippen molar-refractivity contribution in [3.63, 3.8) is 0 Å². The van der Waals surface area contributed by atoms with Crippen LogP contribution in [0.5, 0.6) is 0 Å². The molecule has 0 aliphatic rings. The molecule has 0 radical (unpaired) electrons. The number of fused-ring (bicyclic) bond motifs is 4. The number of ether oxygens (including phenoxy) is 2. The molecular formula is C50H54N8O11S2. The quantitative estimate of drug-likeness (QED) is 0.0763. The van der Waals surface area contributed by atoms with Crippen LogP contribution in [0.2, 0.25) is 0 Å². The molecule has 8 aromatic rings. The third-order valence-electron chi connectivity index (χ3n) is 9.92. The normalized spacial score (nSPS) is 11.7. The second kappa shape index (κ2) is 21.7. The Bertz CT molecular complexity index is 3480. The number of aromatic nitrogens is 4. The highest BCUT2D eigenvalue weighted by Crippen LogP contribution is 2.30. The summed E-state index contributed by atoms with van der Waals surface area (Å²) in [6, 6.07) is 34.9. The molecule has 2 aromatic heterocycles. The largest absolute Gasteiger partial charge is 0.481 e. The summed E-state index contributed by atoms with van der Waals surface area (Å²) in [6.45, 7) is 10.7. The fourth-order valence-corrected chi connectivity index (χ4v) is 9.88. The highest BCUT2D eigenvalue weighted by Gasteiger charge is 2.25. The van der Waals surface area contributed by atoms with Crippen molar-refractivity contribution in [3.05, 3.63) is 134 Å². The number of nitrogens with two attached hydrogens (primary N) is 1. The van der Waals surface area contributed by atoms with E-state index < -0.39 is 49.4 Å². The van der Waals surface area contributed by atoms with Crippen molar-refractivity contribution in [2.75, 3.05) is 24.1 Å². The molecule has 3 amide bonds. The zero-order valence-corrected chi connectivity index (χ0v) is 41.4. The lowest BCUT2D eigenvalue weighted by Gasteiger charge is -2.19. The summed E-state index contributed by atoms with van der Waals surface area (Å²) in [6.07, 6.45) is 1.72. The average molecular weight is 1010 g/mol. The first kappa shape index (κ1) is 52.3. The second-order valence-corrected chi connectivity index (χ2v) is 21.3. The number of aliphatic carboxylic acids is 1. The van der Waals surface area contributed by atoms with Crippen molar-refractivity contribution in [3.8, 4) is 0 Å². The highest BCUT2D eigenvalue weighted by atomic mass is 32.2. The Morgan fingerprint density at radius 2 is 1.01 bits per heavy atom. The molecule has 0 atom stereocenters. The van der Waals surface area contributed by atoms with Gasteiger partial charge in [-0.15, -0.1) is 0 Å². The molecule has 21 heteroatoms. The number of rotatable bonds is 11. The molecule has 0 fully saturated rings. The summed E-state index contributed by atoms with van der Waals surface area (Å²) in [5.41, 5.74) is 6.32. The summed E-state index contributed by atoms with van der Waals surface area (Å²) in [5.74, 6) is -1.29. The monoisotopic (exact) mass is 1010 g/mol. The lowest BCUT2D eigenvalue weighted by atomic mass is 10.1. The number of anilines is 2. The highest BCUT2D eigenvalue weighted by molar-refractivity contribution is 7.90. The van der Waals surface area contributed by atoms with Gasteiger partial charge in [0.25, 0.3) is 20.0 Å². The van der Waals surface area contributed by atoms with Crippen molar-refractivity contribution in [1.82, 2.24) is 29.0 Å². The smallest absolute Gasteiger partial charge is 0.407 e. The van der Waals surface area contributed by atoms with Crippen LogP contribution in [0.1, 0.15) is 54.4 Å². The molecule has 6 aromatic carbocycles. The van der Waals surface area contributed by atoms with E-state index in [4.69, 9.17) is 20.3 Å². The van der Waals surface area contributed by atoms with Crippen molar-refractivity contribution < 1.29 is 50.6 Å². The Labute approximate surface area is 410 Å². The number of carboxylic acid groups (broad SMARTS) is 1. The van der Waals surface area contributed by atoms with Crippen LogP contribution in [-0.2, 0) is 39.1 Å². The minimum absolute atomic E-state index is 0.0187. The molecule has 0 spiro atoms. The first-order chi connectivity index (χ1) is 33.4. The summed E-state index contributed by atoms with van der Waals surface area (Å²) >= 11 is 0. The van der Waals surface area contributed by atoms with Crippen LogP contribution in [0.4, 0.5) is 21.0 Å². The van der Waals surface area contributed by atoms with Gasteiger partial charge in [0.2, 0.25) is 5.91 Å². The van der Waals surface area contributed by atoms with E-state index in [1.807, 2.05) is 42.5 Å². The van der Waals surface area contributed by atoms with E-state index >= 15 is 0 Å². The molecule has 19 nitrogen and oxygen atoms in total. The van der Waals surface area contributed by atoms with E-state index in [2.05, 4.69) is 26.1 Å². The lowest BCUT2D eigenvalue weighted by molar-refractivity contribution is -0.136. The molecular weight excluding hydrogens is 953 g/mol. The molecule has 0 aliphatic carbocycles. The Morgan fingerprint density at radius 1 is 0.577 bits per heavy atom.